The molecule has 0 unspecified atom stereocenters. The number of hydrogen-bond acceptors (Lipinski definition) is 4. The third-order valence-corrected chi connectivity index (χ3v) is 3.89. The smallest absolute Gasteiger partial charge is 0.335 e. The van der Waals surface area contributed by atoms with Crippen LogP contribution in [-0.4, -0.2) is 29.8 Å². The highest BCUT2D eigenvalue weighted by molar-refractivity contribution is 5.89. The second-order valence-corrected chi connectivity index (χ2v) is 5.87. The van der Waals surface area contributed by atoms with Crippen molar-refractivity contribution in [3.8, 4) is 16.9 Å². The Bertz CT molecular complexity index is 983. The average molecular weight is 374 g/mol. The van der Waals surface area contributed by atoms with Gasteiger partial charge in [0.1, 0.15) is 5.75 Å². The van der Waals surface area contributed by atoms with Crippen LogP contribution in [0.2, 0.25) is 0 Å². The van der Waals surface area contributed by atoms with Crippen molar-refractivity contribution in [2.24, 2.45) is 5.10 Å². The van der Waals surface area contributed by atoms with Gasteiger partial charge in [-0.05, 0) is 29.3 Å². The van der Waals surface area contributed by atoms with Crippen molar-refractivity contribution in [3.05, 3.63) is 90.0 Å². The first-order valence-electron chi connectivity index (χ1n) is 8.56. The van der Waals surface area contributed by atoms with E-state index in [1.165, 1.54) is 18.3 Å². The van der Waals surface area contributed by atoms with Gasteiger partial charge in [0.15, 0.2) is 6.61 Å². The molecule has 0 spiro atoms. The van der Waals surface area contributed by atoms with Crippen molar-refractivity contribution in [3.63, 3.8) is 0 Å². The largest absolute Gasteiger partial charge is 0.483 e. The Morgan fingerprint density at radius 1 is 0.929 bits per heavy atom. The van der Waals surface area contributed by atoms with Gasteiger partial charge in [-0.15, -0.1) is 0 Å². The highest BCUT2D eigenvalue weighted by Crippen LogP contribution is 2.29. The van der Waals surface area contributed by atoms with Crippen LogP contribution in [0.3, 0.4) is 0 Å². The molecular weight excluding hydrogens is 356 g/mol. The quantitative estimate of drug-likeness (QED) is 0.489. The van der Waals surface area contributed by atoms with Gasteiger partial charge in [-0.2, -0.15) is 5.10 Å². The molecule has 0 atom stereocenters. The molecule has 0 saturated heterocycles. The molecule has 140 valence electrons. The van der Waals surface area contributed by atoms with E-state index < -0.39 is 11.9 Å². The molecule has 6 heteroatoms. The predicted molar refractivity (Wildman–Crippen MR) is 107 cm³/mol. The molecular formula is C22H18N2O4. The van der Waals surface area contributed by atoms with Crippen LogP contribution in [-0.2, 0) is 4.79 Å². The molecule has 0 heterocycles. The minimum Gasteiger partial charge on any atom is -0.483 e. The summed E-state index contributed by atoms with van der Waals surface area (Å²) < 4.78 is 5.65. The van der Waals surface area contributed by atoms with Crippen LogP contribution in [0.4, 0.5) is 0 Å². The van der Waals surface area contributed by atoms with E-state index in [0.717, 1.165) is 11.1 Å². The number of nitrogens with zero attached hydrogens (tertiary/aromatic N) is 1. The predicted octanol–water partition coefficient (Wildman–Crippen LogP) is 3.58. The first kappa shape index (κ1) is 18.8. The van der Waals surface area contributed by atoms with Crippen LogP contribution in [0.25, 0.3) is 11.1 Å². The highest BCUT2D eigenvalue weighted by Gasteiger charge is 2.07. The first-order valence-corrected chi connectivity index (χ1v) is 8.56. The van der Waals surface area contributed by atoms with Crippen molar-refractivity contribution >= 4 is 18.1 Å². The third-order valence-electron chi connectivity index (χ3n) is 3.89. The highest BCUT2D eigenvalue weighted by atomic mass is 16.5. The van der Waals surface area contributed by atoms with Crippen molar-refractivity contribution in [2.75, 3.05) is 6.61 Å². The zero-order valence-electron chi connectivity index (χ0n) is 14.9. The maximum atomic E-state index is 12.0. The van der Waals surface area contributed by atoms with Gasteiger partial charge in [-0.1, -0.05) is 60.7 Å². The van der Waals surface area contributed by atoms with E-state index in [4.69, 9.17) is 9.84 Å². The van der Waals surface area contributed by atoms with Crippen molar-refractivity contribution < 1.29 is 19.4 Å². The summed E-state index contributed by atoms with van der Waals surface area (Å²) in [6.45, 7) is -0.181. The summed E-state index contributed by atoms with van der Waals surface area (Å²) in [6.07, 6.45) is 1.43. The molecule has 2 N–H and O–H groups in total. The maximum Gasteiger partial charge on any atom is 0.335 e. The van der Waals surface area contributed by atoms with Gasteiger partial charge >= 0.3 is 5.97 Å². The number of para-hydroxylation sites is 1. The summed E-state index contributed by atoms with van der Waals surface area (Å²) >= 11 is 0. The standard InChI is InChI=1S/C22H18N2O4/c25-21(24-23-14-16-10-12-18(13-11-16)22(26)27)15-28-20-9-5-4-8-19(20)17-6-2-1-3-7-17/h1-14H,15H2,(H,24,25)(H,26,27). The summed E-state index contributed by atoms with van der Waals surface area (Å²) in [7, 11) is 0. The Balaban J connectivity index is 1.56. The number of hydrogen-bond donors (Lipinski definition) is 2. The lowest BCUT2D eigenvalue weighted by Gasteiger charge is -2.10. The lowest BCUT2D eigenvalue weighted by molar-refractivity contribution is -0.123. The number of hydrazone groups is 1. The number of carbonyl (C=O) groups excluding carboxylic acids is 1. The van der Waals surface area contributed by atoms with Crippen LogP contribution in [0.1, 0.15) is 15.9 Å². The van der Waals surface area contributed by atoms with E-state index in [-0.39, 0.29) is 12.2 Å². The van der Waals surface area contributed by atoms with Gasteiger partial charge in [-0.25, -0.2) is 10.2 Å². The number of benzene rings is 3. The Morgan fingerprint density at radius 2 is 1.61 bits per heavy atom. The Labute approximate surface area is 162 Å². The first-order chi connectivity index (χ1) is 13.6. The van der Waals surface area contributed by atoms with E-state index >= 15 is 0 Å². The SMILES string of the molecule is O=C(COc1ccccc1-c1ccccc1)NN=Cc1ccc(C(=O)O)cc1. The number of rotatable bonds is 7. The van der Waals surface area contributed by atoms with Gasteiger partial charge in [0, 0.05) is 5.56 Å². The molecule has 0 aliphatic heterocycles. The van der Waals surface area contributed by atoms with Crippen LogP contribution in [0.15, 0.2) is 84.0 Å². The summed E-state index contributed by atoms with van der Waals surface area (Å²) in [4.78, 5) is 22.8. The summed E-state index contributed by atoms with van der Waals surface area (Å²) in [5, 5.41) is 12.7. The van der Waals surface area contributed by atoms with Crippen molar-refractivity contribution in [1.82, 2.24) is 5.43 Å². The van der Waals surface area contributed by atoms with Gasteiger partial charge in [0.25, 0.3) is 5.91 Å². The summed E-state index contributed by atoms with van der Waals surface area (Å²) in [5.74, 6) is -0.789. The molecule has 0 radical (unpaired) electrons. The number of carbonyl (C=O) groups is 2. The van der Waals surface area contributed by atoms with Crippen molar-refractivity contribution in [1.29, 1.82) is 0 Å². The van der Waals surface area contributed by atoms with Crippen LogP contribution >= 0.6 is 0 Å². The number of amides is 1. The summed E-state index contributed by atoms with van der Waals surface area (Å²) in [6, 6.07) is 23.4. The molecule has 0 bridgehead atoms. The molecule has 3 rings (SSSR count). The summed E-state index contributed by atoms with van der Waals surface area (Å²) in [5.41, 5.74) is 5.14. The zero-order valence-corrected chi connectivity index (χ0v) is 14.9. The second kappa shape index (κ2) is 9.14. The lowest BCUT2D eigenvalue weighted by Crippen LogP contribution is -2.24. The monoisotopic (exact) mass is 374 g/mol. The molecule has 0 saturated carbocycles. The van der Waals surface area contributed by atoms with E-state index in [9.17, 15) is 9.59 Å². The molecule has 0 aliphatic rings. The van der Waals surface area contributed by atoms with Gasteiger partial charge in [0.05, 0.1) is 11.8 Å². The number of ether oxygens (including phenoxy) is 1. The molecule has 3 aromatic carbocycles. The molecule has 0 fully saturated rings. The topological polar surface area (TPSA) is 88.0 Å². The van der Waals surface area contributed by atoms with E-state index in [2.05, 4.69) is 10.5 Å². The minimum absolute atomic E-state index is 0.181. The molecule has 0 aliphatic carbocycles. The number of aromatic carboxylic acids is 1. The van der Waals surface area contributed by atoms with Crippen LogP contribution in [0.5, 0.6) is 5.75 Å². The number of carboxylic acids is 1. The van der Waals surface area contributed by atoms with Crippen molar-refractivity contribution in [2.45, 2.75) is 0 Å². The van der Waals surface area contributed by atoms with Crippen LogP contribution in [0, 0.1) is 0 Å². The number of nitrogens with one attached hydrogen (secondary N) is 1. The fourth-order valence-corrected chi connectivity index (χ4v) is 2.51. The van der Waals surface area contributed by atoms with E-state index in [1.54, 1.807) is 12.1 Å². The number of carboxylic acid groups (broad SMARTS) is 1. The molecule has 3 aromatic rings. The van der Waals surface area contributed by atoms with E-state index in [0.29, 0.717) is 11.3 Å². The van der Waals surface area contributed by atoms with E-state index in [1.807, 2.05) is 54.6 Å². The normalized spacial score (nSPS) is 10.6. The Kier molecular flexibility index (Phi) is 6.15. The van der Waals surface area contributed by atoms with Gasteiger partial charge < -0.3 is 9.84 Å². The van der Waals surface area contributed by atoms with Crippen LogP contribution < -0.4 is 10.2 Å². The molecule has 1 amide bonds. The Hall–Kier alpha value is -3.93. The zero-order chi connectivity index (χ0) is 19.8. The lowest BCUT2D eigenvalue weighted by atomic mass is 10.1. The molecule has 28 heavy (non-hydrogen) atoms. The average Bonchev–Trinajstić information content (AvgIpc) is 2.73. The fraction of sp³-hybridized carbons (Fsp3) is 0.0455. The maximum absolute atomic E-state index is 12.0. The molecule has 6 nitrogen and oxygen atoms in total. The fourth-order valence-electron chi connectivity index (χ4n) is 2.51. The minimum atomic E-state index is -0.996. The molecule has 0 aromatic heterocycles. The van der Waals surface area contributed by atoms with Gasteiger partial charge in [0.2, 0.25) is 0 Å². The third kappa shape index (κ3) is 5.04. The van der Waals surface area contributed by atoms with Gasteiger partial charge in [-0.3, -0.25) is 4.79 Å². The Morgan fingerprint density at radius 3 is 2.32 bits per heavy atom. The second-order valence-electron chi connectivity index (χ2n) is 5.87.